The highest BCUT2D eigenvalue weighted by Gasteiger charge is 2.30. The third kappa shape index (κ3) is 6.01. The molecular weight excluding hydrogens is 284 g/mol. The van der Waals surface area contributed by atoms with Crippen LogP contribution in [-0.2, 0) is 4.79 Å². The van der Waals surface area contributed by atoms with Crippen LogP contribution in [-0.4, -0.2) is 33.2 Å². The van der Waals surface area contributed by atoms with Gasteiger partial charge in [-0.15, -0.1) is 0 Å². The van der Waals surface area contributed by atoms with Crippen molar-refractivity contribution in [3.05, 3.63) is 17.5 Å². The molecule has 1 atom stereocenters. The average Bonchev–Trinajstić information content (AvgIpc) is 2.32. The standard InChI is InChI=1S/C15H26N4OS/c1-10(2)19-15(5,13(16)20)7-6-8-21-14-17-11(3)9-12(4)18-14/h9-10,19H,6-8H2,1-5H3,(H2,16,20). The van der Waals surface area contributed by atoms with Crippen LogP contribution in [0.3, 0.4) is 0 Å². The van der Waals surface area contributed by atoms with Gasteiger partial charge >= 0.3 is 0 Å². The van der Waals surface area contributed by atoms with Gasteiger partial charge < -0.3 is 11.1 Å². The van der Waals surface area contributed by atoms with Crippen LogP contribution in [0.4, 0.5) is 0 Å². The van der Waals surface area contributed by atoms with E-state index < -0.39 is 5.54 Å². The van der Waals surface area contributed by atoms with E-state index in [-0.39, 0.29) is 11.9 Å². The summed E-state index contributed by atoms with van der Waals surface area (Å²) in [6.07, 6.45) is 1.58. The van der Waals surface area contributed by atoms with Gasteiger partial charge in [0, 0.05) is 23.2 Å². The Kier molecular flexibility index (Phi) is 6.61. The van der Waals surface area contributed by atoms with E-state index in [0.29, 0.717) is 6.42 Å². The lowest BCUT2D eigenvalue weighted by molar-refractivity contribution is -0.124. The average molecular weight is 310 g/mol. The number of nitrogens with two attached hydrogens (primary N) is 1. The summed E-state index contributed by atoms with van der Waals surface area (Å²) in [6.45, 7) is 9.83. The van der Waals surface area contributed by atoms with Crippen LogP contribution >= 0.6 is 11.8 Å². The number of nitrogens with zero attached hydrogens (tertiary/aromatic N) is 2. The van der Waals surface area contributed by atoms with E-state index in [1.54, 1.807) is 11.8 Å². The van der Waals surface area contributed by atoms with Crippen molar-refractivity contribution in [1.82, 2.24) is 15.3 Å². The Labute approximate surface area is 131 Å². The molecule has 0 saturated heterocycles. The van der Waals surface area contributed by atoms with Crippen molar-refractivity contribution in [3.8, 4) is 0 Å². The van der Waals surface area contributed by atoms with Gasteiger partial charge in [0.25, 0.3) is 0 Å². The summed E-state index contributed by atoms with van der Waals surface area (Å²) in [6, 6.07) is 2.18. The van der Waals surface area contributed by atoms with Gasteiger partial charge in [-0.2, -0.15) is 0 Å². The summed E-state index contributed by atoms with van der Waals surface area (Å²) < 4.78 is 0. The van der Waals surface area contributed by atoms with Crippen molar-refractivity contribution in [3.63, 3.8) is 0 Å². The molecule has 0 saturated carbocycles. The third-order valence-electron chi connectivity index (χ3n) is 3.17. The van der Waals surface area contributed by atoms with Gasteiger partial charge in [0.2, 0.25) is 5.91 Å². The maximum atomic E-state index is 11.6. The van der Waals surface area contributed by atoms with Crippen LogP contribution in [0.1, 0.15) is 45.0 Å². The zero-order valence-electron chi connectivity index (χ0n) is 13.6. The SMILES string of the molecule is Cc1cc(C)nc(SCCCC(C)(NC(C)C)C(N)=O)n1. The van der Waals surface area contributed by atoms with Crippen LogP contribution in [0.25, 0.3) is 0 Å². The first-order chi connectivity index (χ1) is 9.73. The normalized spacial score (nSPS) is 14.2. The van der Waals surface area contributed by atoms with Crippen LogP contribution in [0.15, 0.2) is 11.2 Å². The molecule has 1 heterocycles. The highest BCUT2D eigenvalue weighted by molar-refractivity contribution is 7.99. The van der Waals surface area contributed by atoms with Gasteiger partial charge in [0.15, 0.2) is 5.16 Å². The van der Waals surface area contributed by atoms with E-state index in [4.69, 9.17) is 5.73 Å². The number of rotatable bonds is 8. The molecule has 0 aromatic carbocycles. The second-order valence-electron chi connectivity index (χ2n) is 5.88. The van der Waals surface area contributed by atoms with Crippen LogP contribution < -0.4 is 11.1 Å². The minimum Gasteiger partial charge on any atom is -0.368 e. The molecule has 1 unspecified atom stereocenters. The van der Waals surface area contributed by atoms with E-state index >= 15 is 0 Å². The monoisotopic (exact) mass is 310 g/mol. The second kappa shape index (κ2) is 7.75. The number of hydrogen-bond donors (Lipinski definition) is 2. The molecule has 1 amide bonds. The Morgan fingerprint density at radius 1 is 1.38 bits per heavy atom. The van der Waals surface area contributed by atoms with Gasteiger partial charge in [-0.3, -0.25) is 4.79 Å². The Morgan fingerprint density at radius 2 is 1.95 bits per heavy atom. The number of primary amides is 1. The fourth-order valence-corrected chi connectivity index (χ4v) is 3.14. The van der Waals surface area contributed by atoms with Crippen molar-refractivity contribution in [2.45, 2.75) is 64.2 Å². The van der Waals surface area contributed by atoms with E-state index in [1.807, 2.05) is 40.7 Å². The lowest BCUT2D eigenvalue weighted by Crippen LogP contribution is -2.55. The summed E-state index contributed by atoms with van der Waals surface area (Å²) in [5.74, 6) is 0.565. The van der Waals surface area contributed by atoms with Crippen LogP contribution in [0, 0.1) is 13.8 Å². The van der Waals surface area contributed by atoms with E-state index in [2.05, 4.69) is 15.3 Å². The minimum atomic E-state index is -0.655. The van der Waals surface area contributed by atoms with Crippen molar-refractivity contribution in [2.75, 3.05) is 5.75 Å². The predicted octanol–water partition coefficient (Wildman–Crippen LogP) is 2.21. The molecule has 1 rings (SSSR count). The van der Waals surface area contributed by atoms with E-state index in [9.17, 15) is 4.79 Å². The second-order valence-corrected chi connectivity index (χ2v) is 6.94. The predicted molar refractivity (Wildman–Crippen MR) is 87.3 cm³/mol. The lowest BCUT2D eigenvalue weighted by atomic mass is 9.94. The number of carbonyl (C=O) groups excluding carboxylic acids is 1. The highest BCUT2D eigenvalue weighted by atomic mass is 32.2. The minimum absolute atomic E-state index is 0.220. The molecule has 6 heteroatoms. The van der Waals surface area contributed by atoms with Crippen molar-refractivity contribution in [1.29, 1.82) is 0 Å². The summed E-state index contributed by atoms with van der Waals surface area (Å²) >= 11 is 1.62. The molecule has 0 spiro atoms. The zero-order valence-corrected chi connectivity index (χ0v) is 14.4. The molecule has 118 valence electrons. The molecule has 0 fully saturated rings. The quantitative estimate of drug-likeness (QED) is 0.437. The molecule has 5 nitrogen and oxygen atoms in total. The largest absolute Gasteiger partial charge is 0.368 e. The first kappa shape index (κ1) is 17.9. The Hall–Kier alpha value is -1.14. The number of carbonyl (C=O) groups is 1. The van der Waals surface area contributed by atoms with E-state index in [1.165, 1.54) is 0 Å². The number of nitrogens with one attached hydrogen (secondary N) is 1. The molecule has 0 aliphatic heterocycles. The summed E-state index contributed by atoms with van der Waals surface area (Å²) in [5.41, 5.74) is 6.82. The van der Waals surface area contributed by atoms with Crippen molar-refractivity contribution < 1.29 is 4.79 Å². The molecule has 3 N–H and O–H groups in total. The molecule has 0 aliphatic carbocycles. The zero-order chi connectivity index (χ0) is 16.0. The van der Waals surface area contributed by atoms with Gasteiger partial charge in [0.1, 0.15) is 0 Å². The molecule has 1 aromatic heterocycles. The third-order valence-corrected chi connectivity index (χ3v) is 4.10. The lowest BCUT2D eigenvalue weighted by Gasteiger charge is -2.29. The molecule has 0 radical (unpaired) electrons. The van der Waals surface area contributed by atoms with Crippen LogP contribution in [0.2, 0.25) is 0 Å². The summed E-state index contributed by atoms with van der Waals surface area (Å²) in [7, 11) is 0. The number of amides is 1. The Morgan fingerprint density at radius 3 is 2.43 bits per heavy atom. The summed E-state index contributed by atoms with van der Waals surface area (Å²) in [4.78, 5) is 20.4. The summed E-state index contributed by atoms with van der Waals surface area (Å²) in [5, 5.41) is 4.05. The fourth-order valence-electron chi connectivity index (χ4n) is 2.25. The molecular formula is C15H26N4OS. The molecule has 0 bridgehead atoms. The van der Waals surface area contributed by atoms with Crippen LogP contribution in [0.5, 0.6) is 0 Å². The number of aryl methyl sites for hydroxylation is 2. The number of hydrogen-bond acceptors (Lipinski definition) is 5. The topological polar surface area (TPSA) is 80.9 Å². The molecule has 21 heavy (non-hydrogen) atoms. The highest BCUT2D eigenvalue weighted by Crippen LogP contribution is 2.19. The maximum absolute atomic E-state index is 11.6. The number of thioether (sulfide) groups is 1. The van der Waals surface area contributed by atoms with Crippen molar-refractivity contribution in [2.24, 2.45) is 5.73 Å². The van der Waals surface area contributed by atoms with E-state index in [0.717, 1.165) is 28.7 Å². The van der Waals surface area contributed by atoms with Gasteiger partial charge in [0.05, 0.1) is 5.54 Å². The first-order valence-corrected chi connectivity index (χ1v) is 8.24. The van der Waals surface area contributed by atoms with Gasteiger partial charge in [-0.1, -0.05) is 11.8 Å². The number of aromatic nitrogens is 2. The first-order valence-electron chi connectivity index (χ1n) is 7.25. The van der Waals surface area contributed by atoms with Crippen molar-refractivity contribution >= 4 is 17.7 Å². The van der Waals surface area contributed by atoms with Gasteiger partial charge in [-0.25, -0.2) is 9.97 Å². The fraction of sp³-hybridized carbons (Fsp3) is 0.667. The smallest absolute Gasteiger partial charge is 0.237 e. The molecule has 1 aromatic rings. The Balaban J connectivity index is 2.49. The maximum Gasteiger partial charge on any atom is 0.237 e. The Bertz CT molecular complexity index is 472. The van der Waals surface area contributed by atoms with Gasteiger partial charge in [-0.05, 0) is 53.5 Å². The molecule has 0 aliphatic rings.